The maximum Gasteiger partial charge on any atom is 0.0951 e. The molecule has 16 heavy (non-hydrogen) atoms. The van der Waals surface area contributed by atoms with Gasteiger partial charge < -0.3 is 4.57 Å². The molecule has 2 nitrogen and oxygen atoms in total. The number of aryl methyl sites for hydroxylation is 2. The van der Waals surface area contributed by atoms with Crippen molar-refractivity contribution in [3.05, 3.63) is 17.7 Å². The molecular weight excluding hydrogens is 196 g/mol. The Hall–Kier alpha value is -0.790. The predicted molar refractivity (Wildman–Crippen MR) is 69.7 cm³/mol. The molecule has 0 aromatic carbocycles. The SMILES string of the molecule is CCCCCCCCCn1cnc(C)c1C. The first-order valence-corrected chi connectivity index (χ1v) is 6.74. The third kappa shape index (κ3) is 4.38. The topological polar surface area (TPSA) is 17.8 Å². The highest BCUT2D eigenvalue weighted by molar-refractivity contribution is 5.08. The van der Waals surface area contributed by atoms with Gasteiger partial charge in [0.15, 0.2) is 0 Å². The molecule has 1 aromatic rings. The molecule has 0 aliphatic rings. The van der Waals surface area contributed by atoms with E-state index in [2.05, 4.69) is 30.3 Å². The van der Waals surface area contributed by atoms with Gasteiger partial charge in [-0.25, -0.2) is 4.98 Å². The van der Waals surface area contributed by atoms with Crippen molar-refractivity contribution in [1.82, 2.24) is 9.55 Å². The molecule has 0 amide bonds. The van der Waals surface area contributed by atoms with Crippen LogP contribution in [0, 0.1) is 13.8 Å². The molecule has 0 saturated heterocycles. The van der Waals surface area contributed by atoms with Gasteiger partial charge in [0.2, 0.25) is 0 Å². The van der Waals surface area contributed by atoms with Crippen molar-refractivity contribution in [3.8, 4) is 0 Å². The van der Waals surface area contributed by atoms with Gasteiger partial charge in [0.05, 0.1) is 12.0 Å². The molecule has 0 unspecified atom stereocenters. The molecule has 0 fully saturated rings. The van der Waals surface area contributed by atoms with Gasteiger partial charge in [0, 0.05) is 12.2 Å². The van der Waals surface area contributed by atoms with Gasteiger partial charge in [-0.1, -0.05) is 45.4 Å². The first-order valence-electron chi connectivity index (χ1n) is 6.74. The summed E-state index contributed by atoms with van der Waals surface area (Å²) in [6.45, 7) is 7.64. The lowest BCUT2D eigenvalue weighted by Crippen LogP contribution is -1.99. The third-order valence-corrected chi connectivity index (χ3v) is 3.35. The molecule has 0 atom stereocenters. The van der Waals surface area contributed by atoms with E-state index in [1.807, 2.05) is 6.33 Å². The van der Waals surface area contributed by atoms with Crippen LogP contribution in [0.25, 0.3) is 0 Å². The van der Waals surface area contributed by atoms with E-state index in [0.717, 1.165) is 6.54 Å². The Kier molecular flexibility index (Phi) is 6.20. The van der Waals surface area contributed by atoms with Crippen molar-refractivity contribution < 1.29 is 0 Å². The van der Waals surface area contributed by atoms with Crippen molar-refractivity contribution in [2.24, 2.45) is 0 Å². The molecular formula is C14H26N2. The Balaban J connectivity index is 2.05. The molecule has 92 valence electrons. The highest BCUT2D eigenvalue weighted by Gasteiger charge is 2.00. The van der Waals surface area contributed by atoms with Crippen LogP contribution in [0.15, 0.2) is 6.33 Å². The summed E-state index contributed by atoms with van der Waals surface area (Å²) < 4.78 is 2.28. The zero-order chi connectivity index (χ0) is 11.8. The molecule has 0 spiro atoms. The third-order valence-electron chi connectivity index (χ3n) is 3.35. The number of hydrogen-bond donors (Lipinski definition) is 0. The maximum atomic E-state index is 4.32. The second kappa shape index (κ2) is 7.48. The second-order valence-corrected chi connectivity index (χ2v) is 4.73. The Morgan fingerprint density at radius 1 is 1.00 bits per heavy atom. The van der Waals surface area contributed by atoms with Gasteiger partial charge in [0.25, 0.3) is 0 Å². The monoisotopic (exact) mass is 222 g/mol. The Labute approximate surface area is 100 Å². The summed E-state index contributed by atoms with van der Waals surface area (Å²) in [4.78, 5) is 4.32. The number of imidazole rings is 1. The molecule has 0 radical (unpaired) electrons. The average Bonchev–Trinajstić information content (AvgIpc) is 2.59. The summed E-state index contributed by atoms with van der Waals surface area (Å²) in [5.41, 5.74) is 2.49. The lowest BCUT2D eigenvalue weighted by Gasteiger charge is -2.05. The van der Waals surface area contributed by atoms with Gasteiger partial charge >= 0.3 is 0 Å². The molecule has 0 saturated carbocycles. The van der Waals surface area contributed by atoms with Crippen molar-refractivity contribution in [3.63, 3.8) is 0 Å². The lowest BCUT2D eigenvalue weighted by atomic mass is 10.1. The minimum Gasteiger partial charge on any atom is -0.335 e. The minimum absolute atomic E-state index is 1.14. The summed E-state index contributed by atoms with van der Waals surface area (Å²) >= 11 is 0. The first kappa shape index (κ1) is 13.3. The Morgan fingerprint density at radius 2 is 1.62 bits per heavy atom. The van der Waals surface area contributed by atoms with Gasteiger partial charge in [-0.2, -0.15) is 0 Å². The van der Waals surface area contributed by atoms with E-state index < -0.39 is 0 Å². The van der Waals surface area contributed by atoms with Crippen LogP contribution in [0.3, 0.4) is 0 Å². The summed E-state index contributed by atoms with van der Waals surface area (Å²) in [5.74, 6) is 0. The van der Waals surface area contributed by atoms with Crippen LogP contribution in [-0.2, 0) is 6.54 Å². The van der Waals surface area contributed by atoms with Crippen LogP contribution in [0.2, 0.25) is 0 Å². The molecule has 0 aliphatic carbocycles. The van der Waals surface area contributed by atoms with Crippen LogP contribution < -0.4 is 0 Å². The van der Waals surface area contributed by atoms with Crippen LogP contribution in [0.5, 0.6) is 0 Å². The van der Waals surface area contributed by atoms with Gasteiger partial charge in [-0.05, 0) is 20.3 Å². The fourth-order valence-electron chi connectivity index (χ4n) is 2.01. The number of hydrogen-bond acceptors (Lipinski definition) is 1. The van der Waals surface area contributed by atoms with Crippen molar-refractivity contribution in [1.29, 1.82) is 0 Å². The van der Waals surface area contributed by atoms with Gasteiger partial charge in [0.1, 0.15) is 0 Å². The van der Waals surface area contributed by atoms with Crippen LogP contribution in [0.4, 0.5) is 0 Å². The predicted octanol–water partition coefficient (Wildman–Crippen LogP) is 4.25. The fourth-order valence-corrected chi connectivity index (χ4v) is 2.01. The summed E-state index contributed by atoms with van der Waals surface area (Å²) in [7, 11) is 0. The molecule has 1 aromatic heterocycles. The summed E-state index contributed by atoms with van der Waals surface area (Å²) in [6.07, 6.45) is 11.6. The minimum atomic E-state index is 1.14. The molecule has 1 rings (SSSR count). The van der Waals surface area contributed by atoms with E-state index in [-0.39, 0.29) is 0 Å². The normalized spacial score (nSPS) is 10.9. The van der Waals surface area contributed by atoms with E-state index in [1.54, 1.807) is 0 Å². The van der Waals surface area contributed by atoms with E-state index in [9.17, 15) is 0 Å². The number of aromatic nitrogens is 2. The average molecular weight is 222 g/mol. The first-order chi connectivity index (χ1) is 7.75. The lowest BCUT2D eigenvalue weighted by molar-refractivity contribution is 0.545. The van der Waals surface area contributed by atoms with E-state index >= 15 is 0 Å². The van der Waals surface area contributed by atoms with E-state index in [1.165, 1.54) is 56.3 Å². The highest BCUT2D eigenvalue weighted by atomic mass is 15.0. The Morgan fingerprint density at radius 3 is 2.19 bits per heavy atom. The smallest absolute Gasteiger partial charge is 0.0951 e. The molecule has 0 N–H and O–H groups in total. The van der Waals surface area contributed by atoms with Crippen molar-refractivity contribution in [2.75, 3.05) is 0 Å². The summed E-state index contributed by atoms with van der Waals surface area (Å²) in [5, 5.41) is 0. The summed E-state index contributed by atoms with van der Waals surface area (Å²) in [6, 6.07) is 0. The molecule has 2 heteroatoms. The van der Waals surface area contributed by atoms with Crippen LogP contribution in [-0.4, -0.2) is 9.55 Å². The number of nitrogens with zero attached hydrogens (tertiary/aromatic N) is 2. The van der Waals surface area contributed by atoms with Crippen molar-refractivity contribution in [2.45, 2.75) is 72.3 Å². The number of rotatable bonds is 8. The zero-order valence-corrected chi connectivity index (χ0v) is 11.1. The quantitative estimate of drug-likeness (QED) is 0.601. The fraction of sp³-hybridized carbons (Fsp3) is 0.786. The van der Waals surface area contributed by atoms with Crippen molar-refractivity contribution >= 4 is 0 Å². The largest absolute Gasteiger partial charge is 0.335 e. The molecule has 1 heterocycles. The van der Waals surface area contributed by atoms with Gasteiger partial charge in [-0.15, -0.1) is 0 Å². The van der Waals surface area contributed by atoms with E-state index in [0.29, 0.717) is 0 Å². The van der Waals surface area contributed by atoms with E-state index in [4.69, 9.17) is 0 Å². The Bertz CT molecular complexity index is 289. The maximum absolute atomic E-state index is 4.32. The van der Waals surface area contributed by atoms with Crippen LogP contribution in [0.1, 0.15) is 63.3 Å². The zero-order valence-electron chi connectivity index (χ0n) is 11.1. The highest BCUT2D eigenvalue weighted by Crippen LogP contribution is 2.10. The standard InChI is InChI=1S/C14H26N2/c1-4-5-6-7-8-9-10-11-16-12-15-13(2)14(16)3/h12H,4-11H2,1-3H3. The number of unbranched alkanes of at least 4 members (excludes halogenated alkanes) is 6. The van der Waals surface area contributed by atoms with Crippen LogP contribution >= 0.6 is 0 Å². The molecule has 0 bridgehead atoms. The second-order valence-electron chi connectivity index (χ2n) is 4.73. The molecule has 0 aliphatic heterocycles. The van der Waals surface area contributed by atoms with Gasteiger partial charge in [-0.3, -0.25) is 0 Å².